The second-order valence-electron chi connectivity index (χ2n) is 26.6. The monoisotopic (exact) mass is 1600 g/mol. The first-order chi connectivity index (χ1) is 56.5. The van der Waals surface area contributed by atoms with Crippen molar-refractivity contribution in [2.75, 3.05) is 17.2 Å². The molecule has 15 aromatic carbocycles. The first-order valence-electron chi connectivity index (χ1n) is 35.3. The first kappa shape index (κ1) is 80.0. The van der Waals surface area contributed by atoms with Crippen molar-refractivity contribution in [3.63, 3.8) is 0 Å². The van der Waals surface area contributed by atoms with E-state index in [0.29, 0.717) is 94.8 Å². The summed E-state index contributed by atoms with van der Waals surface area (Å²) in [5.41, 5.74) is 25.4. The quantitative estimate of drug-likeness (QED) is 0.0118. The maximum Gasteiger partial charge on any atom is 0.335 e. The van der Waals surface area contributed by atoms with Gasteiger partial charge in [0.15, 0.2) is 17.2 Å². The molecule has 0 unspecified atom stereocenters. The molecule has 0 aromatic heterocycles. The van der Waals surface area contributed by atoms with Crippen molar-refractivity contribution in [1.82, 2.24) is 0 Å². The van der Waals surface area contributed by atoms with Crippen LogP contribution < -0.4 is 17.2 Å². The summed E-state index contributed by atoms with van der Waals surface area (Å²) in [6.07, 6.45) is 0. The number of hydrogen-bond donors (Lipinski definition) is 12. The van der Waals surface area contributed by atoms with Crippen molar-refractivity contribution in [3.05, 3.63) is 281 Å². The molecule has 118 heavy (non-hydrogen) atoms. The molecule has 0 spiro atoms. The topological polar surface area (TPSA) is 520 Å². The molecular weight excluding hydrogens is 1530 g/mol. The lowest BCUT2D eigenvalue weighted by atomic mass is 10.0. The standard InChI is InChI=1S/C29H21N5O8S.C29H21N5O5.C28H23N5O3/c1-14-8-15-2-3-18(30)12-22(15)27(35)26(14)34-33-25-7-6-24(21-5-4-20(13-23(21)25)43(40,41)42)32-31-19-10-16(28(36)37)9-17(11-19)29(38)39;1-15-10-16-6-7-19(30)14-23(16)27(35)26(15)34-33-25-9-8-24(21-4-2-3-5-22(21)25)32-31-20-12-17(28(36)37)11-18(13-20)29(38)39;1-17-14-19-8-9-20(29)15-24(19)28(34)27(17)33-32-26-13-12-25(22-4-2-3-5-23(22)26)31-30-21-10-6-18(7-11-21)16-36-35/h2-13,35H,30H2,1H3,(H,36,37)(H,38,39)(H,40,41,42);2-14,35H,30H2,1H3,(H,36,37)(H,38,39);2-15,34-35H,16,29H2,1H3. The minimum atomic E-state index is -4.60. The van der Waals surface area contributed by atoms with Crippen molar-refractivity contribution >= 4 is 184 Å². The third-order valence-electron chi connectivity index (χ3n) is 18.5. The fraction of sp³-hybridized carbons (Fsp3) is 0.0465. The van der Waals surface area contributed by atoms with E-state index in [-0.39, 0.29) is 79.9 Å². The van der Waals surface area contributed by atoms with E-state index >= 15 is 0 Å². The van der Waals surface area contributed by atoms with Crippen LogP contribution in [0.5, 0.6) is 17.2 Å². The number of aryl methyl sites for hydroxylation is 3. The number of fused-ring (bicyclic) bond motifs is 6. The first-order valence-corrected chi connectivity index (χ1v) is 36.7. The maximum absolute atomic E-state index is 11.9. The lowest BCUT2D eigenvalue weighted by Crippen LogP contribution is -2.01. The number of hydrogen-bond acceptors (Lipinski definition) is 26. The third kappa shape index (κ3) is 17.9. The average molecular weight is 1600 g/mol. The van der Waals surface area contributed by atoms with E-state index in [1.165, 1.54) is 36.4 Å². The lowest BCUT2D eigenvalue weighted by Gasteiger charge is -2.09. The fourth-order valence-electron chi connectivity index (χ4n) is 12.7. The van der Waals surface area contributed by atoms with Crippen LogP contribution >= 0.6 is 0 Å². The predicted molar refractivity (Wildman–Crippen MR) is 446 cm³/mol. The Morgan fingerprint density at radius 3 is 0.924 bits per heavy atom. The van der Waals surface area contributed by atoms with E-state index in [9.17, 15) is 67.9 Å². The van der Waals surface area contributed by atoms with Gasteiger partial charge in [0.1, 0.15) is 23.7 Å². The van der Waals surface area contributed by atoms with Crippen LogP contribution in [0, 0.1) is 20.8 Å². The minimum Gasteiger partial charge on any atom is -0.505 e. The molecule has 0 aliphatic heterocycles. The fourth-order valence-corrected chi connectivity index (χ4v) is 13.2. The molecule has 0 saturated heterocycles. The van der Waals surface area contributed by atoms with Crippen LogP contribution in [0.25, 0.3) is 64.6 Å². The van der Waals surface area contributed by atoms with E-state index < -0.39 is 38.9 Å². The van der Waals surface area contributed by atoms with Crippen LogP contribution in [0.15, 0.2) is 303 Å². The number of anilines is 3. The van der Waals surface area contributed by atoms with Crippen LogP contribution in [-0.4, -0.2) is 77.9 Å². The van der Waals surface area contributed by atoms with Gasteiger partial charge in [-0.25, -0.2) is 24.1 Å². The zero-order valence-electron chi connectivity index (χ0n) is 62.1. The van der Waals surface area contributed by atoms with Crippen LogP contribution in [-0.2, 0) is 21.6 Å². The number of phenols is 3. The number of phenolic OH excluding ortho intramolecular Hbond substituents is 3. The van der Waals surface area contributed by atoms with Crippen molar-refractivity contribution in [1.29, 1.82) is 0 Å². The van der Waals surface area contributed by atoms with Gasteiger partial charge in [0.2, 0.25) is 0 Å². The summed E-state index contributed by atoms with van der Waals surface area (Å²) in [4.78, 5) is 49.4. The Kier molecular flexibility index (Phi) is 23.1. The molecule has 31 nitrogen and oxygen atoms in total. The second kappa shape index (κ2) is 34.1. The van der Waals surface area contributed by atoms with Gasteiger partial charge >= 0.3 is 23.9 Å². The lowest BCUT2D eigenvalue weighted by molar-refractivity contribution is -0.253. The summed E-state index contributed by atoms with van der Waals surface area (Å²) in [6, 6.07) is 64.1. The van der Waals surface area contributed by atoms with Crippen LogP contribution in [0.1, 0.15) is 63.7 Å². The van der Waals surface area contributed by atoms with Crippen molar-refractivity contribution < 1.29 is 78.0 Å². The van der Waals surface area contributed by atoms with Gasteiger partial charge in [0.25, 0.3) is 10.1 Å². The average Bonchev–Trinajstić information content (AvgIpc) is 0.769. The number of carbonyl (C=O) groups is 4. The number of benzene rings is 15. The van der Waals surface area contributed by atoms with Crippen molar-refractivity contribution in [3.8, 4) is 17.2 Å². The van der Waals surface area contributed by atoms with Crippen molar-refractivity contribution in [2.45, 2.75) is 32.3 Å². The Morgan fingerprint density at radius 1 is 0.322 bits per heavy atom. The number of nitrogen functional groups attached to an aromatic ring is 3. The van der Waals surface area contributed by atoms with Crippen molar-refractivity contribution in [2.24, 2.45) is 61.4 Å². The second-order valence-corrected chi connectivity index (χ2v) is 28.0. The van der Waals surface area contributed by atoms with Gasteiger partial charge < -0.3 is 52.9 Å². The zero-order valence-corrected chi connectivity index (χ0v) is 62.9. The molecular formula is C86H65N15O16S. The number of nitrogens with two attached hydrogens (primary N) is 3. The molecule has 0 radical (unpaired) electrons. The van der Waals surface area contributed by atoms with E-state index in [2.05, 4.69) is 66.3 Å². The molecule has 32 heteroatoms. The normalized spacial score (nSPS) is 11.8. The van der Waals surface area contributed by atoms with Gasteiger partial charge in [-0.15, -0.1) is 46.0 Å². The summed E-state index contributed by atoms with van der Waals surface area (Å²) in [7, 11) is -4.60. The van der Waals surface area contributed by atoms with E-state index in [4.69, 9.17) is 22.5 Å². The minimum absolute atomic E-state index is 0.0138. The van der Waals surface area contributed by atoms with Crippen LogP contribution in [0.4, 0.5) is 85.3 Å². The summed E-state index contributed by atoms with van der Waals surface area (Å²) >= 11 is 0. The Morgan fingerprint density at radius 2 is 0.619 bits per heavy atom. The molecule has 15 N–H and O–H groups in total. The van der Waals surface area contributed by atoms with E-state index in [0.717, 1.165) is 74.0 Å². The summed E-state index contributed by atoms with van der Waals surface area (Å²) in [5.74, 6) is -5.37. The number of rotatable bonds is 19. The number of aromatic carboxylic acids is 4. The molecule has 0 bridgehead atoms. The van der Waals surface area contributed by atoms with E-state index in [1.54, 1.807) is 79.7 Å². The SMILES string of the molecule is Cc1cc2ccc(N)cc2c(O)c1N=Nc1ccc(N=Nc2cc(C(=O)O)cc(C(=O)O)c2)c2ccc(S(=O)(=O)O)cc12.Cc1cc2ccc(N)cc2c(O)c1N=Nc1ccc(N=Nc2cc(C(=O)O)cc(C(=O)O)c2)c2ccccc12.Cc1cc2ccc(N)cc2c(O)c1N=Nc1ccc(N=Nc2ccc(COO)cc2)c2ccccc12. The summed E-state index contributed by atoms with van der Waals surface area (Å²) in [6.45, 7) is 5.56. The number of carboxylic acid groups (broad SMARTS) is 4. The molecule has 0 heterocycles. The number of nitrogens with zero attached hydrogens (tertiary/aromatic N) is 12. The molecule has 0 aliphatic carbocycles. The molecule has 0 atom stereocenters. The smallest absolute Gasteiger partial charge is 0.335 e. The maximum atomic E-state index is 11.9. The van der Waals surface area contributed by atoms with Gasteiger partial charge in [0, 0.05) is 65.5 Å². The van der Waals surface area contributed by atoms with E-state index in [1.807, 2.05) is 111 Å². The highest BCUT2D eigenvalue weighted by Gasteiger charge is 2.20. The van der Waals surface area contributed by atoms with Gasteiger partial charge in [-0.3, -0.25) is 9.81 Å². The predicted octanol–water partition coefficient (Wildman–Crippen LogP) is 23.3. The molecule has 0 fully saturated rings. The highest BCUT2D eigenvalue weighted by Crippen LogP contribution is 2.46. The van der Waals surface area contributed by atoms with Gasteiger partial charge in [-0.1, -0.05) is 84.9 Å². The molecule has 586 valence electrons. The summed E-state index contributed by atoms with van der Waals surface area (Å²) in [5, 5.41) is 138. The highest BCUT2D eigenvalue weighted by atomic mass is 32.2. The Hall–Kier alpha value is -16.0. The largest absolute Gasteiger partial charge is 0.505 e. The van der Waals surface area contributed by atoms with Crippen LogP contribution in [0.3, 0.4) is 0 Å². The summed E-state index contributed by atoms with van der Waals surface area (Å²) < 4.78 is 33.4. The Balaban J connectivity index is 0.000000154. The van der Waals surface area contributed by atoms with Gasteiger partial charge in [-0.05, 0) is 211 Å². The molecule has 0 aliphatic rings. The van der Waals surface area contributed by atoms with Crippen LogP contribution in [0.2, 0.25) is 0 Å². The molecule has 0 saturated carbocycles. The Bertz CT molecular complexity index is 6900. The van der Waals surface area contributed by atoms with Gasteiger partial charge in [0.05, 0.1) is 78.3 Å². The number of carboxylic acids is 4. The molecule has 15 aromatic rings. The van der Waals surface area contributed by atoms with Gasteiger partial charge in [-0.2, -0.15) is 23.8 Å². The highest BCUT2D eigenvalue weighted by molar-refractivity contribution is 7.85. The third-order valence-corrected chi connectivity index (χ3v) is 19.3. The number of azo groups is 6. The number of aromatic hydroxyl groups is 3. The molecule has 0 amide bonds. The Labute approximate surface area is 667 Å². The zero-order chi connectivity index (χ0) is 83.8. The molecule has 15 rings (SSSR count).